The second-order valence-corrected chi connectivity index (χ2v) is 4.73. The highest BCUT2D eigenvalue weighted by atomic mass is 79.9. The summed E-state index contributed by atoms with van der Waals surface area (Å²) in [6.07, 6.45) is 2.50. The van der Waals surface area contributed by atoms with Gasteiger partial charge in [-0.15, -0.1) is 0 Å². The lowest BCUT2D eigenvalue weighted by molar-refractivity contribution is -0.132. The van der Waals surface area contributed by atoms with Gasteiger partial charge in [-0.1, -0.05) is 22.0 Å². The number of rotatable bonds is 7. The molecule has 1 rings (SSSR count). The molecule has 0 atom stereocenters. The van der Waals surface area contributed by atoms with Crippen LogP contribution in [0.5, 0.6) is 11.5 Å². The molecule has 0 bridgehead atoms. The molecule has 0 fully saturated rings. The van der Waals surface area contributed by atoms with Gasteiger partial charge in [0.25, 0.3) is 0 Å². The summed E-state index contributed by atoms with van der Waals surface area (Å²) in [7, 11) is 1.56. The Kier molecular flexibility index (Phi) is 6.42. The first-order valence-corrected chi connectivity index (χ1v) is 6.99. The van der Waals surface area contributed by atoms with Crippen molar-refractivity contribution in [1.29, 1.82) is 0 Å². The third kappa shape index (κ3) is 4.95. The van der Waals surface area contributed by atoms with Crippen molar-refractivity contribution in [1.82, 2.24) is 0 Å². The quantitative estimate of drug-likeness (QED) is 0.473. The number of ether oxygens (including phenoxy) is 2. The Morgan fingerprint density at radius 2 is 2.16 bits per heavy atom. The highest BCUT2D eigenvalue weighted by Crippen LogP contribution is 2.29. The van der Waals surface area contributed by atoms with E-state index in [0.717, 1.165) is 17.3 Å². The topological polar surface area (TPSA) is 55.8 Å². The fourth-order valence-corrected chi connectivity index (χ4v) is 1.67. The van der Waals surface area contributed by atoms with Crippen molar-refractivity contribution in [2.45, 2.75) is 13.3 Å². The predicted octanol–water partition coefficient (Wildman–Crippen LogP) is 3.35. The maximum atomic E-state index is 10.8. The number of alkyl halides is 1. The monoisotopic (exact) mass is 328 g/mol. The average Bonchev–Trinajstić information content (AvgIpc) is 2.40. The van der Waals surface area contributed by atoms with E-state index in [9.17, 15) is 4.79 Å². The van der Waals surface area contributed by atoms with Crippen molar-refractivity contribution in [2.75, 3.05) is 19.0 Å². The van der Waals surface area contributed by atoms with E-state index in [1.54, 1.807) is 38.3 Å². The van der Waals surface area contributed by atoms with E-state index in [4.69, 9.17) is 14.6 Å². The molecule has 0 spiro atoms. The van der Waals surface area contributed by atoms with Crippen LogP contribution in [-0.4, -0.2) is 30.1 Å². The zero-order valence-corrected chi connectivity index (χ0v) is 12.6. The zero-order chi connectivity index (χ0) is 14.3. The lowest BCUT2D eigenvalue weighted by atomic mass is 10.1. The van der Waals surface area contributed by atoms with E-state index in [2.05, 4.69) is 15.9 Å². The van der Waals surface area contributed by atoms with E-state index in [-0.39, 0.29) is 5.57 Å². The Balaban J connectivity index is 2.89. The van der Waals surface area contributed by atoms with Gasteiger partial charge in [-0.05, 0) is 37.1 Å². The highest BCUT2D eigenvalue weighted by Gasteiger charge is 2.06. The molecule has 1 N–H and O–H groups in total. The fourth-order valence-electron chi connectivity index (χ4n) is 1.44. The van der Waals surface area contributed by atoms with Crippen LogP contribution in [0.3, 0.4) is 0 Å². The minimum Gasteiger partial charge on any atom is -0.493 e. The van der Waals surface area contributed by atoms with Gasteiger partial charge in [-0.3, -0.25) is 0 Å². The molecule has 0 heterocycles. The van der Waals surface area contributed by atoms with Gasteiger partial charge in [0, 0.05) is 10.9 Å². The summed E-state index contributed by atoms with van der Waals surface area (Å²) in [6.45, 7) is 2.15. The number of carboxylic acid groups (broad SMARTS) is 1. The number of carboxylic acids is 1. The standard InChI is InChI=1S/C14H17BrO4/c1-10(14(16)17)8-11-4-5-12(13(9-11)18-2)19-7-3-6-15/h4-5,8-9H,3,6-7H2,1-2H3,(H,16,17). The minimum atomic E-state index is -0.934. The lowest BCUT2D eigenvalue weighted by Crippen LogP contribution is -2.00. The van der Waals surface area contributed by atoms with Gasteiger partial charge in [0.2, 0.25) is 0 Å². The molecular formula is C14H17BrO4. The van der Waals surface area contributed by atoms with Crippen LogP contribution in [0.2, 0.25) is 0 Å². The number of halogens is 1. The summed E-state index contributed by atoms with van der Waals surface area (Å²) >= 11 is 3.34. The largest absolute Gasteiger partial charge is 0.493 e. The Morgan fingerprint density at radius 1 is 1.42 bits per heavy atom. The maximum absolute atomic E-state index is 10.8. The highest BCUT2D eigenvalue weighted by molar-refractivity contribution is 9.09. The number of carbonyl (C=O) groups is 1. The first kappa shape index (κ1) is 15.6. The lowest BCUT2D eigenvalue weighted by Gasteiger charge is -2.11. The average molecular weight is 329 g/mol. The summed E-state index contributed by atoms with van der Waals surface area (Å²) < 4.78 is 10.8. The molecule has 0 saturated heterocycles. The van der Waals surface area contributed by atoms with Crippen LogP contribution in [-0.2, 0) is 4.79 Å². The van der Waals surface area contributed by atoms with Crippen LogP contribution in [0.1, 0.15) is 18.9 Å². The molecule has 0 aliphatic rings. The summed E-state index contributed by atoms with van der Waals surface area (Å²) in [5.74, 6) is 0.326. The Morgan fingerprint density at radius 3 is 2.74 bits per heavy atom. The molecule has 1 aromatic rings. The van der Waals surface area contributed by atoms with E-state index in [1.165, 1.54) is 0 Å². The van der Waals surface area contributed by atoms with Crippen LogP contribution >= 0.6 is 15.9 Å². The van der Waals surface area contributed by atoms with Gasteiger partial charge in [0.15, 0.2) is 11.5 Å². The van der Waals surface area contributed by atoms with E-state index in [0.29, 0.717) is 18.1 Å². The Hall–Kier alpha value is -1.49. The summed E-state index contributed by atoms with van der Waals surface area (Å²) in [5, 5.41) is 9.72. The first-order valence-electron chi connectivity index (χ1n) is 5.87. The van der Waals surface area contributed by atoms with Crippen LogP contribution in [0.15, 0.2) is 23.8 Å². The van der Waals surface area contributed by atoms with E-state index >= 15 is 0 Å². The van der Waals surface area contributed by atoms with Crippen LogP contribution in [0.4, 0.5) is 0 Å². The van der Waals surface area contributed by atoms with Crippen molar-refractivity contribution in [3.05, 3.63) is 29.3 Å². The first-order chi connectivity index (χ1) is 9.08. The molecule has 104 valence electrons. The van der Waals surface area contributed by atoms with Crippen LogP contribution in [0.25, 0.3) is 6.08 Å². The number of hydrogen-bond donors (Lipinski definition) is 1. The number of aliphatic carboxylic acids is 1. The Labute approximate surface area is 121 Å². The summed E-state index contributed by atoms with van der Waals surface area (Å²) in [5.41, 5.74) is 1.04. The molecule has 0 radical (unpaired) electrons. The molecule has 0 aliphatic carbocycles. The predicted molar refractivity (Wildman–Crippen MR) is 78.2 cm³/mol. The molecule has 0 unspecified atom stereocenters. The Bertz CT molecular complexity index is 469. The van der Waals surface area contributed by atoms with Crippen molar-refractivity contribution in [3.63, 3.8) is 0 Å². The smallest absolute Gasteiger partial charge is 0.331 e. The molecule has 0 saturated carbocycles. The molecule has 19 heavy (non-hydrogen) atoms. The van der Waals surface area contributed by atoms with E-state index < -0.39 is 5.97 Å². The molecule has 0 aromatic heterocycles. The number of benzene rings is 1. The van der Waals surface area contributed by atoms with Gasteiger partial charge in [0.05, 0.1) is 13.7 Å². The second kappa shape index (κ2) is 7.84. The SMILES string of the molecule is COc1cc(C=C(C)C(=O)O)ccc1OCCCBr. The van der Waals surface area contributed by atoms with Crippen LogP contribution < -0.4 is 9.47 Å². The molecule has 0 aliphatic heterocycles. The zero-order valence-electron chi connectivity index (χ0n) is 11.0. The van der Waals surface area contributed by atoms with Gasteiger partial charge in [0.1, 0.15) is 0 Å². The van der Waals surface area contributed by atoms with Crippen molar-refractivity contribution in [3.8, 4) is 11.5 Å². The third-order valence-corrected chi connectivity index (χ3v) is 3.00. The van der Waals surface area contributed by atoms with Gasteiger partial charge >= 0.3 is 5.97 Å². The minimum absolute atomic E-state index is 0.273. The van der Waals surface area contributed by atoms with Gasteiger partial charge < -0.3 is 14.6 Å². The molecule has 5 heteroatoms. The number of hydrogen-bond acceptors (Lipinski definition) is 3. The fraction of sp³-hybridized carbons (Fsp3) is 0.357. The maximum Gasteiger partial charge on any atom is 0.331 e. The van der Waals surface area contributed by atoms with Gasteiger partial charge in [-0.25, -0.2) is 4.79 Å². The van der Waals surface area contributed by atoms with Crippen molar-refractivity contribution in [2.24, 2.45) is 0 Å². The molecular weight excluding hydrogens is 312 g/mol. The molecule has 1 aromatic carbocycles. The van der Waals surface area contributed by atoms with Crippen molar-refractivity contribution < 1.29 is 19.4 Å². The van der Waals surface area contributed by atoms with Crippen molar-refractivity contribution >= 4 is 28.0 Å². The normalized spacial score (nSPS) is 11.2. The van der Waals surface area contributed by atoms with Gasteiger partial charge in [-0.2, -0.15) is 0 Å². The third-order valence-electron chi connectivity index (χ3n) is 2.44. The molecule has 4 nitrogen and oxygen atoms in total. The summed E-state index contributed by atoms with van der Waals surface area (Å²) in [4.78, 5) is 10.8. The summed E-state index contributed by atoms with van der Waals surface area (Å²) in [6, 6.07) is 5.35. The second-order valence-electron chi connectivity index (χ2n) is 3.93. The molecule has 0 amide bonds. The van der Waals surface area contributed by atoms with Crippen LogP contribution in [0, 0.1) is 0 Å². The van der Waals surface area contributed by atoms with E-state index in [1.807, 2.05) is 0 Å². The number of methoxy groups -OCH3 is 1.